The largest absolute Gasteiger partial charge is 0.352 e. The molecule has 3 aromatic carbocycles. The molecule has 7 nitrogen and oxygen atoms in total. The van der Waals surface area contributed by atoms with Gasteiger partial charge in [-0.3, -0.25) is 9.59 Å². The Morgan fingerprint density at radius 3 is 2.24 bits per heavy atom. The first-order chi connectivity index (χ1) is 19.6. The molecule has 0 aromatic heterocycles. The molecule has 1 N–H and O–H groups in total. The highest BCUT2D eigenvalue weighted by atomic mass is 79.9. The van der Waals surface area contributed by atoms with E-state index in [9.17, 15) is 18.0 Å². The zero-order chi connectivity index (χ0) is 29.4. The van der Waals surface area contributed by atoms with E-state index in [1.54, 1.807) is 24.3 Å². The van der Waals surface area contributed by atoms with Crippen LogP contribution in [-0.4, -0.2) is 55.1 Å². The van der Waals surface area contributed by atoms with Crippen molar-refractivity contribution in [2.45, 2.75) is 69.0 Å². The minimum Gasteiger partial charge on any atom is -0.352 e. The number of rotatable bonds is 11. The van der Waals surface area contributed by atoms with Crippen molar-refractivity contribution in [3.8, 4) is 0 Å². The first-order valence-electron chi connectivity index (χ1n) is 14.0. The normalized spacial score (nSPS) is 14.9. The molecule has 1 fully saturated rings. The molecule has 1 aliphatic rings. The summed E-state index contributed by atoms with van der Waals surface area (Å²) >= 11 is 3.50. The summed E-state index contributed by atoms with van der Waals surface area (Å²) in [4.78, 5) is 29.6. The molecule has 1 saturated carbocycles. The molecule has 4 rings (SSSR count). The lowest BCUT2D eigenvalue weighted by Gasteiger charge is -2.34. The van der Waals surface area contributed by atoms with Crippen LogP contribution in [0.15, 0.2) is 88.2 Å². The van der Waals surface area contributed by atoms with Crippen LogP contribution in [0.4, 0.5) is 0 Å². The van der Waals surface area contributed by atoms with Crippen LogP contribution in [0.5, 0.6) is 0 Å². The van der Waals surface area contributed by atoms with Gasteiger partial charge in [0.1, 0.15) is 6.04 Å². The van der Waals surface area contributed by atoms with E-state index in [0.29, 0.717) is 6.42 Å². The summed E-state index contributed by atoms with van der Waals surface area (Å²) in [6.45, 7) is 1.65. The van der Waals surface area contributed by atoms with Gasteiger partial charge >= 0.3 is 0 Å². The monoisotopic (exact) mass is 639 g/mol. The molecule has 41 heavy (non-hydrogen) atoms. The number of benzene rings is 3. The Morgan fingerprint density at radius 2 is 1.59 bits per heavy atom. The van der Waals surface area contributed by atoms with E-state index in [2.05, 4.69) is 21.2 Å². The molecule has 0 radical (unpaired) electrons. The van der Waals surface area contributed by atoms with Gasteiger partial charge in [-0.05, 0) is 55.2 Å². The van der Waals surface area contributed by atoms with Crippen LogP contribution < -0.4 is 5.32 Å². The zero-order valence-electron chi connectivity index (χ0n) is 23.6. The number of likely N-dealkylation sites (N-methyl/N-ethyl adjacent to an activating group) is 1. The van der Waals surface area contributed by atoms with E-state index < -0.39 is 28.5 Å². The number of hydrogen-bond donors (Lipinski definition) is 1. The lowest BCUT2D eigenvalue weighted by Crippen LogP contribution is -2.54. The van der Waals surface area contributed by atoms with Gasteiger partial charge in [0.15, 0.2) is 0 Å². The van der Waals surface area contributed by atoms with Crippen molar-refractivity contribution in [1.29, 1.82) is 0 Å². The van der Waals surface area contributed by atoms with Gasteiger partial charge in [0.25, 0.3) is 0 Å². The Morgan fingerprint density at radius 1 is 0.927 bits per heavy atom. The van der Waals surface area contributed by atoms with Crippen LogP contribution >= 0.6 is 15.9 Å². The zero-order valence-corrected chi connectivity index (χ0v) is 26.0. The summed E-state index contributed by atoms with van der Waals surface area (Å²) in [6, 6.07) is 23.0. The third kappa shape index (κ3) is 8.50. The summed E-state index contributed by atoms with van der Waals surface area (Å²) in [5.41, 5.74) is 2.69. The summed E-state index contributed by atoms with van der Waals surface area (Å²) in [7, 11) is -2.51. The smallest absolute Gasteiger partial charge is 0.243 e. The number of hydrogen-bond acceptors (Lipinski definition) is 4. The average Bonchev–Trinajstić information content (AvgIpc) is 2.96. The molecule has 1 atom stereocenters. The Bertz CT molecular complexity index is 1420. The molecule has 9 heteroatoms. The first kappa shape index (κ1) is 30.9. The van der Waals surface area contributed by atoms with Gasteiger partial charge in [0.2, 0.25) is 21.8 Å². The Kier molecular flexibility index (Phi) is 10.8. The van der Waals surface area contributed by atoms with Crippen LogP contribution in [0.2, 0.25) is 0 Å². The van der Waals surface area contributed by atoms with Crippen molar-refractivity contribution >= 4 is 37.8 Å². The number of nitrogens with zero attached hydrogens (tertiary/aromatic N) is 2. The molecule has 0 aliphatic heterocycles. The highest BCUT2D eigenvalue weighted by Crippen LogP contribution is 2.22. The maximum absolute atomic E-state index is 14.0. The van der Waals surface area contributed by atoms with Crippen LogP contribution in [0, 0.1) is 6.92 Å². The molecular weight excluding hydrogens is 602 g/mol. The standard InChI is InChI=1S/C32H38BrN3O4S/c1-24-16-18-29(19-17-24)41(39,40)35(2)23-31(37)36(22-26-12-9-13-27(33)20-26)30(21-25-10-5-3-6-11-25)32(38)34-28-14-7-4-8-15-28/h3,5-6,9-13,16-20,28,30H,4,7-8,14-15,21-23H2,1-2H3,(H,34,38). The summed E-state index contributed by atoms with van der Waals surface area (Å²) < 4.78 is 28.6. The first-order valence-corrected chi connectivity index (χ1v) is 16.3. The SMILES string of the molecule is Cc1ccc(S(=O)(=O)N(C)CC(=O)N(Cc2cccc(Br)c2)C(Cc2ccccc2)C(=O)NC2CCCCC2)cc1. The molecule has 0 bridgehead atoms. The Labute approximate surface area is 252 Å². The second-order valence-corrected chi connectivity index (χ2v) is 13.7. The van der Waals surface area contributed by atoms with Gasteiger partial charge in [-0.1, -0.05) is 95.4 Å². The second-order valence-electron chi connectivity index (χ2n) is 10.8. The summed E-state index contributed by atoms with van der Waals surface area (Å²) in [5, 5.41) is 3.21. The highest BCUT2D eigenvalue weighted by molar-refractivity contribution is 9.10. The van der Waals surface area contributed by atoms with Crippen molar-refractivity contribution in [2.24, 2.45) is 0 Å². The predicted octanol–water partition coefficient (Wildman–Crippen LogP) is 5.47. The fourth-order valence-corrected chi connectivity index (χ4v) is 6.75. The molecule has 0 saturated heterocycles. The number of carbonyl (C=O) groups excluding carboxylic acids is 2. The number of sulfonamides is 1. The lowest BCUT2D eigenvalue weighted by atomic mass is 9.94. The van der Waals surface area contributed by atoms with Gasteiger partial charge in [-0.15, -0.1) is 0 Å². The summed E-state index contributed by atoms with van der Waals surface area (Å²) in [5.74, 6) is -0.656. The molecule has 0 spiro atoms. The van der Waals surface area contributed by atoms with Gasteiger partial charge in [0, 0.05) is 30.5 Å². The average molecular weight is 641 g/mol. The topological polar surface area (TPSA) is 86.8 Å². The maximum Gasteiger partial charge on any atom is 0.243 e. The number of carbonyl (C=O) groups is 2. The summed E-state index contributed by atoms with van der Waals surface area (Å²) in [6.07, 6.45) is 5.44. The number of aryl methyl sites for hydroxylation is 1. The van der Waals surface area contributed by atoms with Gasteiger partial charge in [-0.25, -0.2) is 8.42 Å². The molecular formula is C32H38BrN3O4S. The van der Waals surface area contributed by atoms with E-state index in [1.165, 1.54) is 11.9 Å². The second kappa shape index (κ2) is 14.2. The van der Waals surface area contributed by atoms with Gasteiger partial charge in [-0.2, -0.15) is 4.31 Å². The third-order valence-electron chi connectivity index (χ3n) is 7.55. The van der Waals surface area contributed by atoms with Crippen molar-refractivity contribution in [3.63, 3.8) is 0 Å². The highest BCUT2D eigenvalue weighted by Gasteiger charge is 2.34. The van der Waals surface area contributed by atoms with Crippen LogP contribution in [-0.2, 0) is 32.6 Å². The third-order valence-corrected chi connectivity index (χ3v) is 9.86. The molecule has 3 aromatic rings. The number of amides is 2. The van der Waals surface area contributed by atoms with E-state index in [1.807, 2.05) is 61.5 Å². The molecule has 1 aliphatic carbocycles. The minimum atomic E-state index is -3.91. The van der Waals surface area contributed by atoms with Crippen LogP contribution in [0.25, 0.3) is 0 Å². The molecule has 0 heterocycles. The molecule has 1 unspecified atom stereocenters. The predicted molar refractivity (Wildman–Crippen MR) is 165 cm³/mol. The van der Waals surface area contributed by atoms with E-state index >= 15 is 0 Å². The lowest BCUT2D eigenvalue weighted by molar-refractivity contribution is -0.141. The maximum atomic E-state index is 14.0. The number of halogens is 1. The fourth-order valence-electron chi connectivity index (χ4n) is 5.19. The quantitative estimate of drug-likeness (QED) is 0.302. The van der Waals surface area contributed by atoms with Gasteiger partial charge in [0.05, 0.1) is 11.4 Å². The van der Waals surface area contributed by atoms with Crippen LogP contribution in [0.3, 0.4) is 0 Å². The van der Waals surface area contributed by atoms with Gasteiger partial charge < -0.3 is 10.2 Å². The van der Waals surface area contributed by atoms with Crippen molar-refractivity contribution in [3.05, 3.63) is 100 Å². The fraction of sp³-hybridized carbons (Fsp3) is 0.375. The van der Waals surface area contributed by atoms with Crippen LogP contribution in [0.1, 0.15) is 48.8 Å². The van der Waals surface area contributed by atoms with E-state index in [4.69, 9.17) is 0 Å². The molecule has 2 amide bonds. The van der Waals surface area contributed by atoms with Crippen molar-refractivity contribution < 1.29 is 18.0 Å². The van der Waals surface area contributed by atoms with E-state index in [0.717, 1.165) is 57.6 Å². The van der Waals surface area contributed by atoms with Crippen molar-refractivity contribution in [1.82, 2.24) is 14.5 Å². The molecule has 218 valence electrons. The Balaban J connectivity index is 1.66. The minimum absolute atomic E-state index is 0.0712. The Hall–Kier alpha value is -3.01. The van der Waals surface area contributed by atoms with Crippen molar-refractivity contribution in [2.75, 3.05) is 13.6 Å². The van der Waals surface area contributed by atoms with E-state index in [-0.39, 0.29) is 23.4 Å². The number of nitrogens with one attached hydrogen (secondary N) is 1.